The van der Waals surface area contributed by atoms with Gasteiger partial charge in [-0.2, -0.15) is 0 Å². The summed E-state index contributed by atoms with van der Waals surface area (Å²) in [5.74, 6) is -1.26. The molecule has 13 heteroatoms. The van der Waals surface area contributed by atoms with Gasteiger partial charge in [0.25, 0.3) is 10.0 Å². The monoisotopic (exact) mass is 653 g/mol. The second kappa shape index (κ2) is 14.8. The van der Waals surface area contributed by atoms with E-state index in [4.69, 9.17) is 32.7 Å². The highest BCUT2D eigenvalue weighted by Crippen LogP contribution is 2.32. The number of hydrogen-bond acceptors (Lipinski definition) is 6. The Kier molecular flexibility index (Phi) is 11.7. The molecular formula is C30H34Cl2FN3O6S. The smallest absolute Gasteiger partial charge is 0.264 e. The van der Waals surface area contributed by atoms with E-state index < -0.39 is 40.2 Å². The Hall–Kier alpha value is -3.54. The number of hydrogen-bond donors (Lipinski definition) is 1. The molecule has 43 heavy (non-hydrogen) atoms. The number of anilines is 1. The van der Waals surface area contributed by atoms with Gasteiger partial charge >= 0.3 is 0 Å². The number of carbonyl (C=O) groups excluding carboxylic acids is 2. The Morgan fingerprint density at radius 1 is 0.953 bits per heavy atom. The van der Waals surface area contributed by atoms with Crippen LogP contribution in [0.2, 0.25) is 10.0 Å². The van der Waals surface area contributed by atoms with Crippen LogP contribution in [0.1, 0.15) is 32.8 Å². The fraction of sp³-hybridized carbons (Fsp3) is 0.333. The van der Waals surface area contributed by atoms with Crippen molar-refractivity contribution in [2.75, 3.05) is 25.1 Å². The number of halogens is 3. The first-order chi connectivity index (χ1) is 20.3. The van der Waals surface area contributed by atoms with Crippen LogP contribution >= 0.6 is 23.2 Å². The standard InChI is InChI=1S/C30H34Cl2FN3O6S/c1-6-19(2)34-30(38)20(3)35(17-21-7-8-22(31)15-26(21)32)29(37)18-36(24-11-9-23(33)10-12-24)43(39,40)25-13-14-27(41-4)28(16-25)42-5/h7-16,19-20H,6,17-18H2,1-5H3,(H,34,38)/t19-,20-/m1/s1. The number of methoxy groups -OCH3 is 2. The van der Waals surface area contributed by atoms with Gasteiger partial charge in [-0.05, 0) is 74.4 Å². The number of nitrogens with zero attached hydrogens (tertiary/aromatic N) is 2. The molecule has 0 bridgehead atoms. The van der Waals surface area contributed by atoms with E-state index in [1.54, 1.807) is 19.1 Å². The third kappa shape index (κ3) is 8.31. The van der Waals surface area contributed by atoms with Gasteiger partial charge < -0.3 is 19.7 Å². The predicted molar refractivity (Wildman–Crippen MR) is 165 cm³/mol. The zero-order valence-electron chi connectivity index (χ0n) is 24.4. The van der Waals surface area contributed by atoms with Crippen LogP contribution in [0.15, 0.2) is 65.6 Å². The maximum Gasteiger partial charge on any atom is 0.264 e. The molecule has 0 heterocycles. The Morgan fingerprint density at radius 3 is 2.19 bits per heavy atom. The van der Waals surface area contributed by atoms with Gasteiger partial charge in [0.15, 0.2) is 11.5 Å². The third-order valence-corrected chi connectivity index (χ3v) is 9.22. The van der Waals surface area contributed by atoms with E-state index in [1.807, 2.05) is 13.8 Å². The van der Waals surface area contributed by atoms with E-state index in [-0.39, 0.29) is 33.9 Å². The van der Waals surface area contributed by atoms with E-state index >= 15 is 0 Å². The van der Waals surface area contributed by atoms with Crippen molar-refractivity contribution in [2.45, 2.75) is 50.7 Å². The topological polar surface area (TPSA) is 105 Å². The van der Waals surface area contributed by atoms with Crippen LogP contribution in [0.25, 0.3) is 0 Å². The minimum absolute atomic E-state index is 0.0331. The van der Waals surface area contributed by atoms with Gasteiger partial charge in [-0.3, -0.25) is 13.9 Å². The highest BCUT2D eigenvalue weighted by Gasteiger charge is 2.33. The molecule has 0 saturated carbocycles. The van der Waals surface area contributed by atoms with Crippen molar-refractivity contribution in [1.82, 2.24) is 10.2 Å². The van der Waals surface area contributed by atoms with Gasteiger partial charge in [-0.15, -0.1) is 0 Å². The van der Waals surface area contributed by atoms with Gasteiger partial charge in [-0.25, -0.2) is 12.8 Å². The van der Waals surface area contributed by atoms with E-state index in [9.17, 15) is 22.4 Å². The second-order valence-corrected chi connectivity index (χ2v) is 12.5. The molecule has 0 spiro atoms. The highest BCUT2D eigenvalue weighted by atomic mass is 35.5. The average molecular weight is 655 g/mol. The van der Waals surface area contributed by atoms with Crippen molar-refractivity contribution in [3.63, 3.8) is 0 Å². The molecule has 1 N–H and O–H groups in total. The Balaban J connectivity index is 2.08. The quantitative estimate of drug-likeness (QED) is 0.255. The molecule has 3 aromatic rings. The van der Waals surface area contributed by atoms with Crippen molar-refractivity contribution >= 4 is 50.7 Å². The number of carbonyl (C=O) groups is 2. The molecule has 0 unspecified atom stereocenters. The molecule has 0 aliphatic heterocycles. The molecular weight excluding hydrogens is 620 g/mol. The maximum absolute atomic E-state index is 14.0. The first kappa shape index (κ1) is 34.0. The van der Waals surface area contributed by atoms with Crippen molar-refractivity contribution in [3.05, 3.63) is 82.1 Å². The van der Waals surface area contributed by atoms with Crippen molar-refractivity contribution < 1.29 is 31.9 Å². The summed E-state index contributed by atoms with van der Waals surface area (Å²) in [5.41, 5.74) is 0.532. The van der Waals surface area contributed by atoms with Gasteiger partial charge in [0.2, 0.25) is 11.8 Å². The lowest BCUT2D eigenvalue weighted by Crippen LogP contribution is -2.52. The summed E-state index contributed by atoms with van der Waals surface area (Å²) < 4.78 is 53.3. The lowest BCUT2D eigenvalue weighted by Gasteiger charge is -2.32. The van der Waals surface area contributed by atoms with Crippen LogP contribution in [0.4, 0.5) is 10.1 Å². The Bertz CT molecular complexity index is 1560. The summed E-state index contributed by atoms with van der Waals surface area (Å²) in [4.78, 5) is 28.2. The third-order valence-electron chi connectivity index (χ3n) is 6.86. The van der Waals surface area contributed by atoms with E-state index in [1.165, 1.54) is 55.5 Å². The largest absolute Gasteiger partial charge is 0.493 e. The minimum Gasteiger partial charge on any atom is -0.493 e. The molecule has 232 valence electrons. The van der Waals surface area contributed by atoms with Crippen molar-refractivity contribution in [1.29, 1.82) is 0 Å². The van der Waals surface area contributed by atoms with E-state index in [2.05, 4.69) is 5.32 Å². The molecule has 0 aliphatic rings. The van der Waals surface area contributed by atoms with Crippen LogP contribution in [0, 0.1) is 5.82 Å². The summed E-state index contributed by atoms with van der Waals surface area (Å²) in [6.45, 7) is 4.46. The molecule has 2 amide bonds. The zero-order valence-corrected chi connectivity index (χ0v) is 26.8. The lowest BCUT2D eigenvalue weighted by atomic mass is 10.1. The number of amides is 2. The normalized spacial score (nSPS) is 12.7. The fourth-order valence-electron chi connectivity index (χ4n) is 4.12. The van der Waals surface area contributed by atoms with Gasteiger partial charge in [-0.1, -0.05) is 36.2 Å². The molecule has 9 nitrogen and oxygen atoms in total. The van der Waals surface area contributed by atoms with Crippen LogP contribution in [0.5, 0.6) is 11.5 Å². The van der Waals surface area contributed by atoms with Crippen LogP contribution < -0.4 is 19.1 Å². The zero-order chi connectivity index (χ0) is 31.9. The second-order valence-electron chi connectivity index (χ2n) is 9.76. The maximum atomic E-state index is 14.0. The SMILES string of the molecule is CC[C@@H](C)NC(=O)[C@@H](C)N(Cc1ccc(Cl)cc1Cl)C(=O)CN(c1ccc(F)cc1)S(=O)(=O)c1ccc(OC)c(OC)c1. The molecule has 2 atom stereocenters. The highest BCUT2D eigenvalue weighted by molar-refractivity contribution is 7.92. The molecule has 0 fully saturated rings. The minimum atomic E-state index is -4.42. The molecule has 3 aromatic carbocycles. The summed E-state index contributed by atoms with van der Waals surface area (Å²) in [6.07, 6.45) is 0.664. The number of nitrogens with one attached hydrogen (secondary N) is 1. The van der Waals surface area contributed by atoms with Gasteiger partial charge in [0, 0.05) is 28.7 Å². The Labute approximate surface area is 261 Å². The molecule has 0 aromatic heterocycles. The van der Waals surface area contributed by atoms with Gasteiger partial charge in [0.1, 0.15) is 18.4 Å². The molecule has 0 saturated heterocycles. The van der Waals surface area contributed by atoms with Crippen LogP contribution in [0.3, 0.4) is 0 Å². The molecule has 0 radical (unpaired) electrons. The van der Waals surface area contributed by atoms with Crippen molar-refractivity contribution in [3.8, 4) is 11.5 Å². The number of ether oxygens (including phenoxy) is 2. The van der Waals surface area contributed by atoms with Crippen molar-refractivity contribution in [2.24, 2.45) is 0 Å². The first-order valence-electron chi connectivity index (χ1n) is 13.4. The number of sulfonamides is 1. The number of benzene rings is 3. The van der Waals surface area contributed by atoms with E-state index in [0.717, 1.165) is 16.4 Å². The number of rotatable bonds is 13. The molecule has 3 rings (SSSR count). The summed E-state index contributed by atoms with van der Waals surface area (Å²) >= 11 is 12.5. The van der Waals surface area contributed by atoms with E-state index in [0.29, 0.717) is 22.8 Å². The first-order valence-corrected chi connectivity index (χ1v) is 15.6. The van der Waals surface area contributed by atoms with Crippen LogP contribution in [-0.2, 0) is 26.2 Å². The fourth-order valence-corrected chi connectivity index (χ4v) is 6.02. The summed E-state index contributed by atoms with van der Waals surface area (Å²) in [6, 6.07) is 12.2. The average Bonchev–Trinajstić information content (AvgIpc) is 2.98. The molecule has 0 aliphatic carbocycles. The van der Waals surface area contributed by atoms with Crippen LogP contribution in [-0.4, -0.2) is 58.0 Å². The predicted octanol–water partition coefficient (Wildman–Crippen LogP) is 5.68. The summed E-state index contributed by atoms with van der Waals surface area (Å²) in [7, 11) is -1.65. The van der Waals surface area contributed by atoms with Gasteiger partial charge in [0.05, 0.1) is 24.8 Å². The lowest BCUT2D eigenvalue weighted by molar-refractivity contribution is -0.139. The Morgan fingerprint density at radius 2 is 1.60 bits per heavy atom. The summed E-state index contributed by atoms with van der Waals surface area (Å²) in [5, 5.41) is 3.52.